The van der Waals surface area contributed by atoms with Gasteiger partial charge in [-0.3, -0.25) is 4.79 Å². The number of nitrogens with zero attached hydrogens (tertiary/aromatic N) is 2. The van der Waals surface area contributed by atoms with Crippen LogP contribution >= 0.6 is 0 Å². The fourth-order valence-corrected chi connectivity index (χ4v) is 3.69. The molecular weight excluding hydrogens is 298 g/mol. The minimum Gasteiger partial charge on any atom is -0.344 e. The van der Waals surface area contributed by atoms with Gasteiger partial charge in [0, 0.05) is 37.1 Å². The lowest BCUT2D eigenvalue weighted by Crippen LogP contribution is -2.47. The van der Waals surface area contributed by atoms with Gasteiger partial charge in [0.2, 0.25) is 0 Å². The molecule has 2 aromatic rings. The molecule has 3 rings (SSSR count). The van der Waals surface area contributed by atoms with Crippen LogP contribution in [0.25, 0.3) is 0 Å². The van der Waals surface area contributed by atoms with Crippen molar-refractivity contribution in [2.45, 2.75) is 45.7 Å². The molecule has 2 N–H and O–H groups in total. The minimum absolute atomic E-state index is 0.137. The summed E-state index contributed by atoms with van der Waals surface area (Å²) in [6, 6.07) is 12.6. The Kier molecular flexibility index (Phi) is 5.05. The molecule has 1 aliphatic heterocycles. The van der Waals surface area contributed by atoms with Crippen molar-refractivity contribution in [3.8, 4) is 0 Å². The van der Waals surface area contributed by atoms with Gasteiger partial charge in [0.1, 0.15) is 0 Å². The van der Waals surface area contributed by atoms with Crippen LogP contribution in [0.15, 0.2) is 36.4 Å². The van der Waals surface area contributed by atoms with Crippen molar-refractivity contribution in [2.24, 2.45) is 5.73 Å². The van der Waals surface area contributed by atoms with Crippen LogP contribution in [0.5, 0.6) is 0 Å². The number of amides is 1. The van der Waals surface area contributed by atoms with E-state index in [0.29, 0.717) is 6.54 Å². The molecule has 1 fully saturated rings. The van der Waals surface area contributed by atoms with Gasteiger partial charge in [0.25, 0.3) is 5.91 Å². The maximum absolute atomic E-state index is 13.1. The Balaban J connectivity index is 1.86. The molecule has 1 saturated heterocycles. The Morgan fingerprint density at radius 1 is 1.21 bits per heavy atom. The zero-order valence-corrected chi connectivity index (χ0v) is 14.7. The number of likely N-dealkylation sites (tertiary alicyclic amines) is 1. The molecule has 1 aromatic carbocycles. The fraction of sp³-hybridized carbons (Fsp3) is 0.450. The quantitative estimate of drug-likeness (QED) is 0.939. The average Bonchev–Trinajstić information content (AvgIpc) is 2.90. The van der Waals surface area contributed by atoms with E-state index in [1.165, 1.54) is 12.0 Å². The molecule has 1 unspecified atom stereocenters. The van der Waals surface area contributed by atoms with Crippen molar-refractivity contribution in [1.29, 1.82) is 0 Å². The third kappa shape index (κ3) is 3.24. The lowest BCUT2D eigenvalue weighted by Gasteiger charge is -2.35. The Labute approximate surface area is 144 Å². The van der Waals surface area contributed by atoms with Gasteiger partial charge in [-0.2, -0.15) is 0 Å². The molecule has 0 bridgehead atoms. The molecule has 24 heavy (non-hydrogen) atoms. The number of hydrogen-bond acceptors (Lipinski definition) is 2. The van der Waals surface area contributed by atoms with E-state index in [4.69, 9.17) is 5.73 Å². The molecule has 1 aromatic heterocycles. The molecule has 0 radical (unpaired) electrons. The Morgan fingerprint density at radius 2 is 1.96 bits per heavy atom. The van der Waals surface area contributed by atoms with Gasteiger partial charge in [-0.05, 0) is 44.7 Å². The van der Waals surface area contributed by atoms with Gasteiger partial charge in [-0.15, -0.1) is 0 Å². The zero-order chi connectivity index (χ0) is 17.1. The molecule has 2 heterocycles. The van der Waals surface area contributed by atoms with Crippen LogP contribution in [0, 0.1) is 13.8 Å². The standard InChI is InChI=1S/C20H27N3O/c1-15-12-19(20(24)22-11-7-6-10-18(22)13-21)16(2)23(15)14-17-8-4-3-5-9-17/h3-5,8-9,12,18H,6-7,10-11,13-14,21H2,1-2H3. The van der Waals surface area contributed by atoms with Crippen molar-refractivity contribution < 1.29 is 4.79 Å². The van der Waals surface area contributed by atoms with Crippen LogP contribution in [-0.4, -0.2) is 34.5 Å². The summed E-state index contributed by atoms with van der Waals surface area (Å²) in [6.45, 7) is 6.29. The topological polar surface area (TPSA) is 51.3 Å². The lowest BCUT2D eigenvalue weighted by molar-refractivity contribution is 0.0622. The Hall–Kier alpha value is -2.07. The minimum atomic E-state index is 0.137. The SMILES string of the molecule is Cc1cc(C(=O)N2CCCCC2CN)c(C)n1Cc1ccccc1. The predicted molar refractivity (Wildman–Crippen MR) is 97.2 cm³/mol. The summed E-state index contributed by atoms with van der Waals surface area (Å²) in [4.78, 5) is 15.0. The highest BCUT2D eigenvalue weighted by Crippen LogP contribution is 2.23. The van der Waals surface area contributed by atoms with Crippen molar-refractivity contribution in [2.75, 3.05) is 13.1 Å². The van der Waals surface area contributed by atoms with E-state index < -0.39 is 0 Å². The number of benzene rings is 1. The largest absolute Gasteiger partial charge is 0.344 e. The Bertz CT molecular complexity index is 705. The molecule has 128 valence electrons. The van der Waals surface area contributed by atoms with Crippen LogP contribution in [0.1, 0.15) is 46.6 Å². The van der Waals surface area contributed by atoms with E-state index in [-0.39, 0.29) is 11.9 Å². The third-order valence-corrected chi connectivity index (χ3v) is 5.15. The molecule has 0 spiro atoms. The smallest absolute Gasteiger partial charge is 0.255 e. The highest BCUT2D eigenvalue weighted by molar-refractivity contribution is 5.96. The molecule has 1 aliphatic rings. The number of carbonyl (C=O) groups excluding carboxylic acids is 1. The molecule has 0 aliphatic carbocycles. The van der Waals surface area contributed by atoms with Crippen molar-refractivity contribution in [3.05, 3.63) is 58.9 Å². The number of hydrogen-bond donors (Lipinski definition) is 1. The maximum Gasteiger partial charge on any atom is 0.255 e. The second-order valence-corrected chi connectivity index (χ2v) is 6.74. The van der Waals surface area contributed by atoms with Gasteiger partial charge in [-0.25, -0.2) is 0 Å². The summed E-state index contributed by atoms with van der Waals surface area (Å²) in [5, 5.41) is 0. The molecule has 1 atom stereocenters. The first kappa shape index (κ1) is 16.8. The van der Waals surface area contributed by atoms with Crippen molar-refractivity contribution in [3.63, 3.8) is 0 Å². The highest BCUT2D eigenvalue weighted by Gasteiger charge is 2.28. The molecule has 0 saturated carbocycles. The van der Waals surface area contributed by atoms with Crippen LogP contribution in [-0.2, 0) is 6.54 Å². The molecular formula is C20H27N3O. The highest BCUT2D eigenvalue weighted by atomic mass is 16.2. The van der Waals surface area contributed by atoms with E-state index in [1.54, 1.807) is 0 Å². The average molecular weight is 325 g/mol. The van der Waals surface area contributed by atoms with Crippen molar-refractivity contribution >= 4 is 5.91 Å². The maximum atomic E-state index is 13.1. The number of aryl methyl sites for hydroxylation is 1. The number of piperidine rings is 1. The first-order valence-corrected chi connectivity index (χ1v) is 8.83. The Morgan fingerprint density at radius 3 is 2.67 bits per heavy atom. The summed E-state index contributed by atoms with van der Waals surface area (Å²) in [7, 11) is 0. The van der Waals surface area contributed by atoms with E-state index in [9.17, 15) is 4.79 Å². The monoisotopic (exact) mass is 325 g/mol. The van der Waals surface area contributed by atoms with Crippen LogP contribution in [0.2, 0.25) is 0 Å². The molecule has 4 heteroatoms. The predicted octanol–water partition coefficient (Wildman–Crippen LogP) is 3.11. The number of rotatable bonds is 4. The van der Waals surface area contributed by atoms with Gasteiger partial charge >= 0.3 is 0 Å². The van der Waals surface area contributed by atoms with Gasteiger partial charge in [0.05, 0.1) is 5.56 Å². The van der Waals surface area contributed by atoms with Gasteiger partial charge in [0.15, 0.2) is 0 Å². The molecule has 1 amide bonds. The third-order valence-electron chi connectivity index (χ3n) is 5.15. The van der Waals surface area contributed by atoms with Crippen LogP contribution < -0.4 is 5.73 Å². The number of carbonyl (C=O) groups is 1. The van der Waals surface area contributed by atoms with E-state index in [2.05, 4.69) is 35.8 Å². The van der Waals surface area contributed by atoms with Crippen molar-refractivity contribution in [1.82, 2.24) is 9.47 Å². The second kappa shape index (κ2) is 7.22. The summed E-state index contributed by atoms with van der Waals surface area (Å²) in [5.41, 5.74) is 10.1. The van der Waals surface area contributed by atoms with E-state index in [0.717, 1.165) is 42.9 Å². The summed E-state index contributed by atoms with van der Waals surface area (Å²) >= 11 is 0. The van der Waals surface area contributed by atoms with Gasteiger partial charge in [-0.1, -0.05) is 30.3 Å². The van der Waals surface area contributed by atoms with E-state index in [1.807, 2.05) is 24.0 Å². The first-order valence-electron chi connectivity index (χ1n) is 8.83. The second-order valence-electron chi connectivity index (χ2n) is 6.74. The first-order chi connectivity index (χ1) is 11.6. The number of nitrogens with two attached hydrogens (primary N) is 1. The summed E-state index contributed by atoms with van der Waals surface area (Å²) in [6.07, 6.45) is 3.26. The number of aromatic nitrogens is 1. The van der Waals surface area contributed by atoms with Crippen LogP contribution in [0.4, 0.5) is 0 Å². The lowest BCUT2D eigenvalue weighted by atomic mass is 10.0. The fourth-order valence-electron chi connectivity index (χ4n) is 3.69. The van der Waals surface area contributed by atoms with Crippen LogP contribution in [0.3, 0.4) is 0 Å². The zero-order valence-electron chi connectivity index (χ0n) is 14.7. The molecule has 4 nitrogen and oxygen atoms in total. The van der Waals surface area contributed by atoms with E-state index >= 15 is 0 Å². The van der Waals surface area contributed by atoms with Gasteiger partial charge < -0.3 is 15.2 Å². The summed E-state index contributed by atoms with van der Waals surface area (Å²) < 4.78 is 2.23. The normalized spacial score (nSPS) is 18.0. The summed E-state index contributed by atoms with van der Waals surface area (Å²) in [5.74, 6) is 0.137.